The van der Waals surface area contributed by atoms with Gasteiger partial charge in [0.25, 0.3) is 0 Å². The predicted octanol–water partition coefficient (Wildman–Crippen LogP) is 3.34. The van der Waals surface area contributed by atoms with Crippen LogP contribution in [0.5, 0.6) is 5.75 Å². The van der Waals surface area contributed by atoms with Crippen molar-refractivity contribution in [1.82, 2.24) is 4.57 Å². The molecule has 0 amide bonds. The van der Waals surface area contributed by atoms with Gasteiger partial charge in [0, 0.05) is 29.0 Å². The third kappa shape index (κ3) is 3.56. The van der Waals surface area contributed by atoms with Gasteiger partial charge < -0.3 is 14.0 Å². The summed E-state index contributed by atoms with van der Waals surface area (Å²) in [5, 5.41) is 0.388. The number of carbonyl (C=O) groups is 2. The van der Waals surface area contributed by atoms with Crippen LogP contribution in [0.4, 0.5) is 0 Å². The average Bonchev–Trinajstić information content (AvgIpc) is 2.79. The van der Waals surface area contributed by atoms with Gasteiger partial charge in [0.15, 0.2) is 6.61 Å². The number of hydrogen-bond acceptors (Lipinski definition) is 4. The maximum absolute atomic E-state index is 12.2. The number of halogens is 1. The molecule has 5 nitrogen and oxygen atoms in total. The van der Waals surface area contributed by atoms with Gasteiger partial charge in [-0.25, -0.2) is 4.79 Å². The van der Waals surface area contributed by atoms with Crippen molar-refractivity contribution in [3.05, 3.63) is 51.8 Å². The van der Waals surface area contributed by atoms with Crippen LogP contribution < -0.4 is 4.74 Å². The number of nitrogens with zero attached hydrogens (tertiary/aromatic N) is 1. The van der Waals surface area contributed by atoms with Crippen molar-refractivity contribution in [3.63, 3.8) is 0 Å². The molecule has 0 aliphatic heterocycles. The zero-order valence-corrected chi connectivity index (χ0v) is 14.2. The van der Waals surface area contributed by atoms with Crippen molar-refractivity contribution in [2.45, 2.75) is 13.8 Å². The van der Waals surface area contributed by atoms with E-state index in [0.29, 0.717) is 16.3 Å². The van der Waals surface area contributed by atoms with Crippen molar-refractivity contribution < 1.29 is 19.1 Å². The Labute approximate surface area is 139 Å². The predicted molar refractivity (Wildman–Crippen MR) is 87.5 cm³/mol. The van der Waals surface area contributed by atoms with Crippen molar-refractivity contribution in [2.24, 2.45) is 7.05 Å². The van der Waals surface area contributed by atoms with Gasteiger partial charge in [-0.1, -0.05) is 11.6 Å². The lowest BCUT2D eigenvalue weighted by molar-refractivity contribution is 0.0471. The van der Waals surface area contributed by atoms with E-state index in [2.05, 4.69) is 0 Å². The fourth-order valence-electron chi connectivity index (χ4n) is 2.26. The number of benzene rings is 1. The van der Waals surface area contributed by atoms with E-state index in [9.17, 15) is 9.59 Å². The van der Waals surface area contributed by atoms with E-state index in [-0.39, 0.29) is 18.0 Å². The van der Waals surface area contributed by atoms with Crippen molar-refractivity contribution >= 4 is 23.4 Å². The molecular formula is C17H18ClNO4. The maximum Gasteiger partial charge on any atom is 0.342 e. The smallest absolute Gasteiger partial charge is 0.342 e. The van der Waals surface area contributed by atoms with E-state index in [0.717, 1.165) is 11.4 Å². The summed E-state index contributed by atoms with van der Waals surface area (Å²) >= 11 is 5.88. The molecule has 23 heavy (non-hydrogen) atoms. The Morgan fingerprint density at radius 3 is 2.43 bits per heavy atom. The van der Waals surface area contributed by atoms with E-state index in [1.807, 2.05) is 25.5 Å². The van der Waals surface area contributed by atoms with E-state index in [1.54, 1.807) is 18.2 Å². The lowest BCUT2D eigenvalue weighted by Gasteiger charge is -2.09. The Morgan fingerprint density at radius 1 is 1.17 bits per heavy atom. The van der Waals surface area contributed by atoms with Gasteiger partial charge in [0.2, 0.25) is 5.78 Å². The summed E-state index contributed by atoms with van der Waals surface area (Å²) in [5.74, 6) is -0.554. The molecule has 1 aromatic carbocycles. The number of ketones is 1. The van der Waals surface area contributed by atoms with Gasteiger partial charge in [-0.05, 0) is 38.1 Å². The van der Waals surface area contributed by atoms with E-state index < -0.39 is 5.97 Å². The second-order valence-corrected chi connectivity index (χ2v) is 5.62. The van der Waals surface area contributed by atoms with Crippen molar-refractivity contribution in [2.75, 3.05) is 13.7 Å². The fourth-order valence-corrected chi connectivity index (χ4v) is 2.44. The molecule has 1 aromatic heterocycles. The summed E-state index contributed by atoms with van der Waals surface area (Å²) in [6, 6.07) is 6.42. The van der Waals surface area contributed by atoms with Crippen LogP contribution in [0, 0.1) is 13.8 Å². The van der Waals surface area contributed by atoms with E-state index in [1.165, 1.54) is 13.2 Å². The summed E-state index contributed by atoms with van der Waals surface area (Å²) in [4.78, 5) is 24.4. The molecule has 122 valence electrons. The number of ether oxygens (including phenoxy) is 2. The minimum atomic E-state index is -0.650. The molecule has 0 saturated carbocycles. The van der Waals surface area contributed by atoms with Gasteiger partial charge in [-0.15, -0.1) is 0 Å². The Morgan fingerprint density at radius 2 is 1.87 bits per heavy atom. The minimum Gasteiger partial charge on any atom is -0.496 e. The highest BCUT2D eigenvalue weighted by Gasteiger charge is 2.19. The van der Waals surface area contributed by atoms with Crippen LogP contribution in [-0.4, -0.2) is 30.0 Å². The Balaban J connectivity index is 2.11. The number of aromatic nitrogens is 1. The molecule has 1 heterocycles. The average molecular weight is 336 g/mol. The molecule has 2 aromatic rings. The van der Waals surface area contributed by atoms with Crippen LogP contribution in [-0.2, 0) is 11.8 Å². The Kier molecular flexibility index (Phi) is 5.11. The summed E-state index contributed by atoms with van der Waals surface area (Å²) in [7, 11) is 3.32. The summed E-state index contributed by atoms with van der Waals surface area (Å²) < 4.78 is 12.1. The molecule has 2 rings (SSSR count). The normalized spacial score (nSPS) is 10.5. The van der Waals surface area contributed by atoms with E-state index >= 15 is 0 Å². The third-order valence-electron chi connectivity index (χ3n) is 3.79. The van der Waals surface area contributed by atoms with Gasteiger partial charge >= 0.3 is 5.97 Å². The van der Waals surface area contributed by atoms with Crippen LogP contribution >= 0.6 is 11.6 Å². The molecule has 0 atom stereocenters. The lowest BCUT2D eigenvalue weighted by atomic mass is 10.1. The first-order valence-corrected chi connectivity index (χ1v) is 7.39. The van der Waals surface area contributed by atoms with Gasteiger partial charge in [-0.2, -0.15) is 0 Å². The number of aryl methyl sites for hydroxylation is 1. The number of esters is 1. The molecule has 0 aliphatic rings. The van der Waals surface area contributed by atoms with Crippen molar-refractivity contribution in [3.8, 4) is 5.75 Å². The molecule has 0 radical (unpaired) electrons. The second kappa shape index (κ2) is 6.87. The lowest BCUT2D eigenvalue weighted by Crippen LogP contribution is -2.15. The molecule has 0 spiro atoms. The molecule has 0 saturated heterocycles. The highest BCUT2D eigenvalue weighted by Crippen LogP contribution is 2.23. The monoisotopic (exact) mass is 335 g/mol. The van der Waals surface area contributed by atoms with Gasteiger partial charge in [0.05, 0.1) is 7.11 Å². The van der Waals surface area contributed by atoms with Crippen LogP contribution in [0.3, 0.4) is 0 Å². The summed E-state index contributed by atoms with van der Waals surface area (Å²) in [6.07, 6.45) is 0. The highest BCUT2D eigenvalue weighted by atomic mass is 35.5. The number of carbonyl (C=O) groups excluding carboxylic acids is 2. The second-order valence-electron chi connectivity index (χ2n) is 5.19. The van der Waals surface area contributed by atoms with Crippen LogP contribution in [0.1, 0.15) is 32.1 Å². The topological polar surface area (TPSA) is 57.5 Å². The number of hydrogen-bond donors (Lipinski definition) is 0. The van der Waals surface area contributed by atoms with Crippen LogP contribution in [0.15, 0.2) is 24.3 Å². The first-order valence-electron chi connectivity index (χ1n) is 7.02. The van der Waals surface area contributed by atoms with Crippen molar-refractivity contribution in [1.29, 1.82) is 0 Å². The Hall–Kier alpha value is -2.27. The fraction of sp³-hybridized carbons (Fsp3) is 0.294. The summed E-state index contributed by atoms with van der Waals surface area (Å²) in [5.41, 5.74) is 2.54. The maximum atomic E-state index is 12.2. The van der Waals surface area contributed by atoms with Crippen LogP contribution in [0.2, 0.25) is 5.02 Å². The third-order valence-corrected chi connectivity index (χ3v) is 4.03. The molecule has 0 bridgehead atoms. The molecule has 0 N–H and O–H groups in total. The first kappa shape index (κ1) is 17.1. The molecule has 6 heteroatoms. The zero-order valence-electron chi connectivity index (χ0n) is 13.5. The first-order chi connectivity index (χ1) is 10.8. The molecule has 0 aliphatic carbocycles. The van der Waals surface area contributed by atoms with E-state index in [4.69, 9.17) is 21.1 Å². The van der Waals surface area contributed by atoms with Gasteiger partial charge in [-0.3, -0.25) is 4.79 Å². The number of methoxy groups -OCH3 is 1. The molecule has 0 unspecified atom stereocenters. The highest BCUT2D eigenvalue weighted by molar-refractivity contribution is 6.31. The minimum absolute atomic E-state index is 0.189. The Bertz CT molecular complexity index is 764. The quantitative estimate of drug-likeness (QED) is 0.621. The zero-order chi connectivity index (χ0) is 17.1. The standard InChI is InChI=1S/C17H18ClNO4/c1-10-7-13(11(2)19(10)3)15(20)9-23-17(21)14-8-12(18)5-6-16(14)22-4/h5-8H,9H2,1-4H3. The molecule has 0 fully saturated rings. The number of Topliss-reactive ketones (excluding diaryl/α,β-unsaturated/α-hetero) is 1. The molecular weight excluding hydrogens is 318 g/mol. The summed E-state index contributed by atoms with van der Waals surface area (Å²) in [6.45, 7) is 3.42. The van der Waals surface area contributed by atoms with Gasteiger partial charge in [0.1, 0.15) is 11.3 Å². The SMILES string of the molecule is COc1ccc(Cl)cc1C(=O)OCC(=O)c1cc(C)n(C)c1C. The largest absolute Gasteiger partial charge is 0.496 e. The van der Waals surface area contributed by atoms with Crippen LogP contribution in [0.25, 0.3) is 0 Å². The number of rotatable bonds is 5.